The Bertz CT molecular complexity index is 816. The molecule has 3 saturated carbocycles. The minimum Gasteiger partial charge on any atom is -0.353 e. The van der Waals surface area contributed by atoms with Gasteiger partial charge in [-0.2, -0.15) is 0 Å². The molecule has 1 heterocycles. The molecule has 1 N–H and O–H groups in total. The minimum atomic E-state index is -0.751. The lowest BCUT2D eigenvalue weighted by Gasteiger charge is -2.33. The average Bonchev–Trinajstić information content (AvgIpc) is 2.97. The molecule has 2 amide bonds. The molecule has 4 fully saturated rings. The Hall–Kier alpha value is -1.98. The SMILES string of the molecule is O=C(NC1CCC2CC3CC1[C@H](C2)C3)C1CCN(C(=O)c2cc(F)cc(F)c2)CC1. The van der Waals surface area contributed by atoms with Crippen molar-refractivity contribution < 1.29 is 18.4 Å². The second-order valence-electron chi connectivity index (χ2n) is 10.0. The van der Waals surface area contributed by atoms with Gasteiger partial charge >= 0.3 is 0 Å². The summed E-state index contributed by atoms with van der Waals surface area (Å²) in [5.41, 5.74) is 0.0275. The van der Waals surface area contributed by atoms with Gasteiger partial charge < -0.3 is 10.2 Å². The number of hydrogen-bond donors (Lipinski definition) is 1. The first kappa shape index (κ1) is 20.0. The Balaban J connectivity index is 1.17. The van der Waals surface area contributed by atoms with Gasteiger partial charge in [0.1, 0.15) is 11.6 Å². The van der Waals surface area contributed by atoms with Crippen LogP contribution in [-0.2, 0) is 4.79 Å². The van der Waals surface area contributed by atoms with Crippen molar-refractivity contribution in [2.24, 2.45) is 29.6 Å². The van der Waals surface area contributed by atoms with Gasteiger partial charge in [-0.3, -0.25) is 9.59 Å². The van der Waals surface area contributed by atoms with Crippen LogP contribution in [0, 0.1) is 41.2 Å². The molecule has 0 spiro atoms. The Morgan fingerprint density at radius 1 is 0.867 bits per heavy atom. The number of rotatable bonds is 3. The van der Waals surface area contributed by atoms with E-state index in [1.54, 1.807) is 4.90 Å². The van der Waals surface area contributed by atoms with Gasteiger partial charge in [-0.25, -0.2) is 8.78 Å². The molecule has 5 atom stereocenters. The number of likely N-dealkylation sites (tertiary alicyclic amines) is 1. The fourth-order valence-corrected chi connectivity index (χ4v) is 6.78. The topological polar surface area (TPSA) is 49.4 Å². The van der Waals surface area contributed by atoms with E-state index in [0.29, 0.717) is 37.9 Å². The van der Waals surface area contributed by atoms with E-state index in [0.717, 1.165) is 42.4 Å². The van der Waals surface area contributed by atoms with Crippen LogP contribution < -0.4 is 5.32 Å². The fraction of sp³-hybridized carbons (Fsp3) is 0.667. The summed E-state index contributed by atoms with van der Waals surface area (Å²) >= 11 is 0. The second kappa shape index (κ2) is 7.93. The quantitative estimate of drug-likeness (QED) is 0.805. The van der Waals surface area contributed by atoms with Crippen LogP contribution in [0.4, 0.5) is 8.78 Å². The summed E-state index contributed by atoms with van der Waals surface area (Å²) in [6, 6.07) is 3.21. The number of nitrogens with one attached hydrogen (secondary N) is 1. The Morgan fingerprint density at radius 3 is 2.30 bits per heavy atom. The van der Waals surface area contributed by atoms with Crippen LogP contribution >= 0.6 is 0 Å². The molecule has 1 aromatic carbocycles. The molecule has 3 aliphatic carbocycles. The highest BCUT2D eigenvalue weighted by Crippen LogP contribution is 2.53. The van der Waals surface area contributed by atoms with Gasteiger partial charge in [-0.1, -0.05) is 0 Å². The summed E-state index contributed by atoms with van der Waals surface area (Å²) in [4.78, 5) is 27.2. The smallest absolute Gasteiger partial charge is 0.254 e. The Kier molecular flexibility index (Phi) is 5.28. The molecule has 5 rings (SSSR count). The number of carbonyl (C=O) groups excluding carboxylic acids is 2. The number of carbonyl (C=O) groups is 2. The molecular weight excluding hydrogens is 386 g/mol. The molecule has 1 saturated heterocycles. The van der Waals surface area contributed by atoms with Crippen LogP contribution in [0.25, 0.3) is 0 Å². The van der Waals surface area contributed by atoms with Gasteiger partial charge in [0.05, 0.1) is 0 Å². The zero-order chi connectivity index (χ0) is 20.8. The van der Waals surface area contributed by atoms with Gasteiger partial charge in [0.2, 0.25) is 5.91 Å². The van der Waals surface area contributed by atoms with E-state index in [9.17, 15) is 18.4 Å². The normalized spacial score (nSPS) is 33.4. The molecule has 4 nitrogen and oxygen atoms in total. The number of fused-ring (bicyclic) bond motifs is 2. The molecule has 4 unspecified atom stereocenters. The number of halogens is 2. The van der Waals surface area contributed by atoms with Gasteiger partial charge in [-0.15, -0.1) is 0 Å². The van der Waals surface area contributed by atoms with E-state index >= 15 is 0 Å². The first-order valence-corrected chi connectivity index (χ1v) is 11.5. The van der Waals surface area contributed by atoms with Gasteiger partial charge in [-0.05, 0) is 87.2 Å². The Morgan fingerprint density at radius 2 is 1.57 bits per heavy atom. The molecule has 30 heavy (non-hydrogen) atoms. The Labute approximate surface area is 176 Å². The van der Waals surface area contributed by atoms with Crippen LogP contribution in [0.1, 0.15) is 61.7 Å². The summed E-state index contributed by atoms with van der Waals surface area (Å²) in [7, 11) is 0. The number of nitrogens with zero attached hydrogens (tertiary/aromatic N) is 1. The van der Waals surface area contributed by atoms with E-state index in [1.165, 1.54) is 32.1 Å². The molecule has 4 aliphatic rings. The number of piperidine rings is 1. The highest BCUT2D eigenvalue weighted by Gasteiger charge is 2.46. The van der Waals surface area contributed by atoms with E-state index in [2.05, 4.69) is 5.32 Å². The van der Waals surface area contributed by atoms with Crippen molar-refractivity contribution in [3.05, 3.63) is 35.4 Å². The average molecular weight is 417 g/mol. The summed E-state index contributed by atoms with van der Waals surface area (Å²) in [5.74, 6) is 1.36. The summed E-state index contributed by atoms with van der Waals surface area (Å²) in [6.45, 7) is 0.881. The van der Waals surface area contributed by atoms with Gasteiger partial charge in [0.15, 0.2) is 0 Å². The summed E-state index contributed by atoms with van der Waals surface area (Å²) in [5, 5.41) is 3.39. The highest BCUT2D eigenvalue weighted by atomic mass is 19.1. The van der Waals surface area contributed by atoms with Gasteiger partial charge in [0.25, 0.3) is 5.91 Å². The van der Waals surface area contributed by atoms with E-state index in [1.807, 2.05) is 0 Å². The molecule has 3 bridgehead atoms. The summed E-state index contributed by atoms with van der Waals surface area (Å²) < 4.78 is 26.9. The molecule has 162 valence electrons. The lowest BCUT2D eigenvalue weighted by molar-refractivity contribution is -0.127. The fourth-order valence-electron chi connectivity index (χ4n) is 6.78. The van der Waals surface area contributed by atoms with Crippen LogP contribution in [0.2, 0.25) is 0 Å². The zero-order valence-corrected chi connectivity index (χ0v) is 17.3. The second-order valence-corrected chi connectivity index (χ2v) is 10.0. The molecule has 1 aromatic rings. The third kappa shape index (κ3) is 3.85. The summed E-state index contributed by atoms with van der Waals surface area (Å²) in [6.07, 6.45) is 8.93. The van der Waals surface area contributed by atoms with Crippen molar-refractivity contribution in [1.82, 2.24) is 10.2 Å². The number of benzene rings is 1. The largest absolute Gasteiger partial charge is 0.353 e. The van der Waals surface area contributed by atoms with Crippen molar-refractivity contribution in [1.29, 1.82) is 0 Å². The molecular formula is C24H30F2N2O2. The van der Waals surface area contributed by atoms with Crippen LogP contribution in [0.15, 0.2) is 18.2 Å². The molecule has 6 heteroatoms. The standard InChI is InChI=1S/C24H30F2N2O2/c25-19-11-18(12-20(26)13-19)24(30)28-5-3-16(4-6-28)23(29)27-22-2-1-14-7-15-9-17(8-14)21(22)10-15/h11-17,21-22H,1-10H2,(H,27,29)/t14?,15?,17-,21?,22?/m1/s1. The minimum absolute atomic E-state index is 0.0275. The van der Waals surface area contributed by atoms with Crippen molar-refractivity contribution in [3.8, 4) is 0 Å². The maximum Gasteiger partial charge on any atom is 0.254 e. The van der Waals surface area contributed by atoms with E-state index in [4.69, 9.17) is 0 Å². The highest BCUT2D eigenvalue weighted by molar-refractivity contribution is 5.94. The van der Waals surface area contributed by atoms with Crippen molar-refractivity contribution in [2.75, 3.05) is 13.1 Å². The zero-order valence-electron chi connectivity index (χ0n) is 17.3. The van der Waals surface area contributed by atoms with Crippen molar-refractivity contribution in [2.45, 2.75) is 57.4 Å². The molecule has 0 aromatic heterocycles. The lowest BCUT2D eigenvalue weighted by Crippen LogP contribution is -2.47. The predicted octanol–water partition coefficient (Wildman–Crippen LogP) is 4.15. The van der Waals surface area contributed by atoms with Crippen molar-refractivity contribution in [3.63, 3.8) is 0 Å². The van der Waals surface area contributed by atoms with Crippen LogP contribution in [0.3, 0.4) is 0 Å². The first-order chi connectivity index (χ1) is 14.5. The van der Waals surface area contributed by atoms with Gasteiger partial charge in [0, 0.05) is 36.7 Å². The predicted molar refractivity (Wildman–Crippen MR) is 109 cm³/mol. The van der Waals surface area contributed by atoms with Crippen LogP contribution in [0.5, 0.6) is 0 Å². The maximum atomic E-state index is 13.4. The molecule has 0 radical (unpaired) electrons. The first-order valence-electron chi connectivity index (χ1n) is 11.5. The number of amides is 2. The third-order valence-electron chi connectivity index (χ3n) is 8.14. The van der Waals surface area contributed by atoms with E-state index in [-0.39, 0.29) is 23.3 Å². The third-order valence-corrected chi connectivity index (χ3v) is 8.14. The molecule has 1 aliphatic heterocycles. The maximum absolute atomic E-state index is 13.4. The van der Waals surface area contributed by atoms with Crippen molar-refractivity contribution >= 4 is 11.8 Å². The van der Waals surface area contributed by atoms with E-state index < -0.39 is 11.6 Å². The number of hydrogen-bond acceptors (Lipinski definition) is 2. The van der Waals surface area contributed by atoms with Crippen LogP contribution in [-0.4, -0.2) is 35.8 Å². The monoisotopic (exact) mass is 416 g/mol. The lowest BCUT2D eigenvalue weighted by atomic mass is 9.80.